The lowest BCUT2D eigenvalue weighted by atomic mass is 10.1. The Morgan fingerprint density at radius 2 is 1.92 bits per heavy atom. The molecular formula is C18H18BrN5. The summed E-state index contributed by atoms with van der Waals surface area (Å²) in [4.78, 5) is 4.50. The first kappa shape index (κ1) is 16.4. The number of rotatable bonds is 5. The molecule has 2 N–H and O–H groups in total. The Morgan fingerprint density at radius 3 is 2.71 bits per heavy atom. The van der Waals surface area contributed by atoms with Crippen LogP contribution in [0.5, 0.6) is 0 Å². The number of nitrogens with one attached hydrogen (secondary N) is 2. The fourth-order valence-corrected chi connectivity index (χ4v) is 2.84. The highest BCUT2D eigenvalue weighted by atomic mass is 79.9. The first-order valence-electron chi connectivity index (χ1n) is 7.73. The third-order valence-electron chi connectivity index (χ3n) is 3.63. The molecule has 0 fully saturated rings. The van der Waals surface area contributed by atoms with Gasteiger partial charge in [0.05, 0.1) is 6.20 Å². The topological polar surface area (TPSA) is 62.7 Å². The first-order valence-corrected chi connectivity index (χ1v) is 8.53. The van der Waals surface area contributed by atoms with Gasteiger partial charge in [-0.05, 0) is 42.7 Å². The van der Waals surface area contributed by atoms with Crippen LogP contribution in [0.15, 0.2) is 53.1 Å². The number of nitrogens with zero attached hydrogens (tertiary/aromatic N) is 3. The van der Waals surface area contributed by atoms with Crippen LogP contribution in [0.1, 0.15) is 18.1 Å². The van der Waals surface area contributed by atoms with E-state index in [2.05, 4.69) is 73.8 Å². The van der Waals surface area contributed by atoms with E-state index >= 15 is 0 Å². The maximum atomic E-state index is 4.50. The van der Waals surface area contributed by atoms with Gasteiger partial charge in [-0.3, -0.25) is 0 Å². The van der Waals surface area contributed by atoms with Crippen LogP contribution in [0.2, 0.25) is 0 Å². The van der Waals surface area contributed by atoms with E-state index < -0.39 is 0 Å². The molecule has 0 saturated heterocycles. The number of benzene rings is 2. The largest absolute Gasteiger partial charge is 0.339 e. The highest BCUT2D eigenvalue weighted by Gasteiger charge is 2.07. The Labute approximate surface area is 149 Å². The van der Waals surface area contributed by atoms with E-state index in [0.29, 0.717) is 11.8 Å². The highest BCUT2D eigenvalue weighted by Crippen LogP contribution is 2.24. The first-order chi connectivity index (χ1) is 11.7. The number of aryl methyl sites for hydroxylation is 2. The monoisotopic (exact) mass is 383 g/mol. The zero-order chi connectivity index (χ0) is 16.9. The molecule has 3 aromatic rings. The molecule has 3 rings (SSSR count). The van der Waals surface area contributed by atoms with E-state index in [1.54, 1.807) is 6.20 Å². The number of hydrogen-bond acceptors (Lipinski definition) is 5. The molecule has 0 aliphatic heterocycles. The Kier molecular flexibility index (Phi) is 5.05. The molecule has 0 aliphatic carbocycles. The van der Waals surface area contributed by atoms with Crippen molar-refractivity contribution in [3.63, 3.8) is 0 Å². The standard InChI is InChI=1S/C18H18BrN5/c1-3-13-7-4-6-12(2)17(13)23-18-22-16(11-20-24-18)21-15-9-5-8-14(19)10-15/h4-11H,3H2,1-2H3,(H2,21,22,23,24). The zero-order valence-electron chi connectivity index (χ0n) is 13.5. The average Bonchev–Trinajstić information content (AvgIpc) is 2.57. The molecule has 1 heterocycles. The maximum Gasteiger partial charge on any atom is 0.249 e. The molecule has 5 nitrogen and oxygen atoms in total. The van der Waals surface area contributed by atoms with Crippen LogP contribution in [-0.4, -0.2) is 15.2 Å². The van der Waals surface area contributed by atoms with Crippen molar-refractivity contribution in [3.8, 4) is 0 Å². The van der Waals surface area contributed by atoms with Gasteiger partial charge in [-0.25, -0.2) is 0 Å². The fraction of sp³-hybridized carbons (Fsp3) is 0.167. The molecule has 0 unspecified atom stereocenters. The van der Waals surface area contributed by atoms with Crippen molar-refractivity contribution in [1.82, 2.24) is 15.2 Å². The van der Waals surface area contributed by atoms with Crippen LogP contribution in [0.25, 0.3) is 0 Å². The Hall–Kier alpha value is -2.47. The normalized spacial score (nSPS) is 10.5. The lowest BCUT2D eigenvalue weighted by molar-refractivity contribution is 0.979. The fourth-order valence-electron chi connectivity index (χ4n) is 2.44. The lowest BCUT2D eigenvalue weighted by Crippen LogP contribution is -2.05. The van der Waals surface area contributed by atoms with Crippen molar-refractivity contribution in [2.45, 2.75) is 20.3 Å². The Morgan fingerprint density at radius 1 is 1.08 bits per heavy atom. The molecule has 0 bridgehead atoms. The van der Waals surface area contributed by atoms with E-state index in [0.717, 1.165) is 27.8 Å². The van der Waals surface area contributed by atoms with Gasteiger partial charge in [-0.2, -0.15) is 10.1 Å². The van der Waals surface area contributed by atoms with Gasteiger partial charge in [0.2, 0.25) is 5.95 Å². The summed E-state index contributed by atoms with van der Waals surface area (Å²) in [6, 6.07) is 14.1. The second-order valence-electron chi connectivity index (χ2n) is 5.39. The molecule has 0 amide bonds. The Balaban J connectivity index is 1.84. The molecule has 0 atom stereocenters. The maximum absolute atomic E-state index is 4.50. The summed E-state index contributed by atoms with van der Waals surface area (Å²) in [6.07, 6.45) is 2.54. The second-order valence-corrected chi connectivity index (χ2v) is 6.30. The minimum atomic E-state index is 0.471. The van der Waals surface area contributed by atoms with Crippen molar-refractivity contribution < 1.29 is 0 Å². The molecule has 0 spiro atoms. The lowest BCUT2D eigenvalue weighted by Gasteiger charge is -2.13. The summed E-state index contributed by atoms with van der Waals surface area (Å²) in [5, 5.41) is 14.7. The van der Waals surface area contributed by atoms with Gasteiger partial charge in [-0.1, -0.05) is 47.1 Å². The molecule has 6 heteroatoms. The van der Waals surface area contributed by atoms with Crippen molar-refractivity contribution in [3.05, 3.63) is 64.3 Å². The van der Waals surface area contributed by atoms with Crippen LogP contribution in [-0.2, 0) is 6.42 Å². The average molecular weight is 384 g/mol. The van der Waals surface area contributed by atoms with Crippen LogP contribution in [0.4, 0.5) is 23.1 Å². The summed E-state index contributed by atoms with van der Waals surface area (Å²) < 4.78 is 1.00. The quantitative estimate of drug-likeness (QED) is 0.649. The van der Waals surface area contributed by atoms with Gasteiger partial charge < -0.3 is 10.6 Å². The number of anilines is 4. The minimum Gasteiger partial charge on any atom is -0.339 e. The Bertz CT molecular complexity index is 850. The van der Waals surface area contributed by atoms with Crippen molar-refractivity contribution in [2.24, 2.45) is 0 Å². The molecule has 1 aromatic heterocycles. The van der Waals surface area contributed by atoms with Gasteiger partial charge in [0.1, 0.15) is 0 Å². The third kappa shape index (κ3) is 3.89. The predicted octanol–water partition coefficient (Wildman–Crippen LogP) is 4.99. The minimum absolute atomic E-state index is 0.471. The number of halogens is 1. The van der Waals surface area contributed by atoms with Crippen LogP contribution in [0.3, 0.4) is 0 Å². The van der Waals surface area contributed by atoms with E-state index in [-0.39, 0.29) is 0 Å². The highest BCUT2D eigenvalue weighted by molar-refractivity contribution is 9.10. The molecule has 0 aliphatic rings. The SMILES string of the molecule is CCc1cccc(C)c1Nc1nncc(Nc2cccc(Br)c2)n1. The van der Waals surface area contributed by atoms with Gasteiger partial charge in [0.25, 0.3) is 0 Å². The molecule has 24 heavy (non-hydrogen) atoms. The molecular weight excluding hydrogens is 366 g/mol. The molecule has 0 radical (unpaired) electrons. The summed E-state index contributed by atoms with van der Waals surface area (Å²) in [5.41, 5.74) is 4.36. The van der Waals surface area contributed by atoms with Gasteiger partial charge in [0, 0.05) is 15.8 Å². The zero-order valence-corrected chi connectivity index (χ0v) is 15.1. The number of hydrogen-bond donors (Lipinski definition) is 2. The van der Waals surface area contributed by atoms with E-state index in [1.165, 1.54) is 5.56 Å². The third-order valence-corrected chi connectivity index (χ3v) is 4.13. The van der Waals surface area contributed by atoms with E-state index in [1.807, 2.05) is 24.3 Å². The van der Waals surface area contributed by atoms with E-state index in [4.69, 9.17) is 0 Å². The van der Waals surface area contributed by atoms with Crippen LogP contribution < -0.4 is 10.6 Å². The predicted molar refractivity (Wildman–Crippen MR) is 101 cm³/mol. The van der Waals surface area contributed by atoms with Crippen LogP contribution >= 0.6 is 15.9 Å². The molecule has 0 saturated carbocycles. The van der Waals surface area contributed by atoms with Crippen molar-refractivity contribution in [1.29, 1.82) is 0 Å². The molecule has 122 valence electrons. The van der Waals surface area contributed by atoms with Crippen LogP contribution in [0, 0.1) is 6.92 Å². The number of para-hydroxylation sites is 1. The number of aromatic nitrogens is 3. The van der Waals surface area contributed by atoms with Crippen molar-refractivity contribution >= 4 is 39.1 Å². The smallest absolute Gasteiger partial charge is 0.249 e. The summed E-state index contributed by atoms with van der Waals surface area (Å²) in [7, 11) is 0. The summed E-state index contributed by atoms with van der Waals surface area (Å²) >= 11 is 3.46. The van der Waals surface area contributed by atoms with Gasteiger partial charge in [0.15, 0.2) is 5.82 Å². The summed E-state index contributed by atoms with van der Waals surface area (Å²) in [5.74, 6) is 1.11. The van der Waals surface area contributed by atoms with E-state index in [9.17, 15) is 0 Å². The van der Waals surface area contributed by atoms with Gasteiger partial charge >= 0.3 is 0 Å². The van der Waals surface area contributed by atoms with Crippen molar-refractivity contribution in [2.75, 3.05) is 10.6 Å². The van der Waals surface area contributed by atoms with Gasteiger partial charge in [-0.15, -0.1) is 5.10 Å². The second kappa shape index (κ2) is 7.40. The summed E-state index contributed by atoms with van der Waals surface area (Å²) in [6.45, 7) is 4.20. The molecule has 2 aromatic carbocycles.